The molecule has 0 radical (unpaired) electrons. The first-order valence-electron chi connectivity index (χ1n) is 21.5. The summed E-state index contributed by atoms with van der Waals surface area (Å²) in [5.41, 5.74) is 4.50. The van der Waals surface area contributed by atoms with Gasteiger partial charge in [-0.25, -0.2) is 18.7 Å². The minimum absolute atomic E-state index is 0.0299. The number of aliphatic carboxylic acids is 1. The van der Waals surface area contributed by atoms with E-state index in [-0.39, 0.29) is 29.5 Å². The van der Waals surface area contributed by atoms with Crippen molar-refractivity contribution in [3.63, 3.8) is 0 Å². The maximum atomic E-state index is 13.7. The number of amides is 1. The Morgan fingerprint density at radius 3 is 2.17 bits per heavy atom. The summed E-state index contributed by atoms with van der Waals surface area (Å²) < 4.78 is 57.6. The number of hydrogen-bond acceptors (Lipinski definition) is 28. The van der Waals surface area contributed by atoms with Crippen LogP contribution < -0.4 is 16.7 Å². The van der Waals surface area contributed by atoms with E-state index in [1.807, 2.05) is 0 Å². The summed E-state index contributed by atoms with van der Waals surface area (Å²) in [6, 6.07) is -0.584. The number of nitrogens with one attached hydrogen (secondary N) is 1. The summed E-state index contributed by atoms with van der Waals surface area (Å²) in [4.78, 5) is 52.4. The van der Waals surface area contributed by atoms with Crippen LogP contribution in [0.5, 0.6) is 0 Å². The van der Waals surface area contributed by atoms with E-state index >= 15 is 0 Å². The van der Waals surface area contributed by atoms with Gasteiger partial charge in [0.15, 0.2) is 18.8 Å². The Bertz CT molecular complexity index is 1990. The molecule has 0 aliphatic carbocycles. The summed E-state index contributed by atoms with van der Waals surface area (Å²) in [5, 5.41) is 138. The lowest BCUT2D eigenvalue weighted by Gasteiger charge is -2.50. The third kappa shape index (κ3) is 13.3. The lowest BCUT2D eigenvalue weighted by molar-refractivity contribution is -0.353. The second kappa shape index (κ2) is 25.3. The smallest absolute Gasteiger partial charge is 0.475 e. The van der Waals surface area contributed by atoms with Gasteiger partial charge in [-0.05, 0) is 30.4 Å². The Kier molecular flexibility index (Phi) is 21.2. The Hall–Kier alpha value is -2.29. The predicted octanol–water partition coefficient (Wildman–Crippen LogP) is -7.77. The van der Waals surface area contributed by atoms with Crippen molar-refractivity contribution < 1.29 is 123 Å². The zero-order chi connectivity index (χ0) is 52.0. The minimum Gasteiger partial charge on any atom is -0.477 e. The molecule has 5 rings (SSSR count). The molecule has 4 fully saturated rings. The number of phosphoric acid groups is 1. The average molecular weight is 1070 g/mol. The number of carbonyl (C=O) groups is 2. The number of nitrogen functional groups attached to an aromatic ring is 1. The zero-order valence-corrected chi connectivity index (χ0v) is 39.8. The van der Waals surface area contributed by atoms with Crippen LogP contribution in [0.25, 0.3) is 0 Å². The number of carboxylic acids is 1. The molecule has 4 aliphatic rings. The number of nitrogens with two attached hydrogens (primary N) is 1. The highest BCUT2D eigenvalue weighted by Gasteiger charge is 2.65. The number of rotatable bonds is 23. The fraction of sp³-hybridized carbons (Fsp3) is 0.838. The van der Waals surface area contributed by atoms with E-state index in [1.54, 1.807) is 0 Å². The molecule has 5 heterocycles. The normalized spacial score (nSPS) is 39.8. The van der Waals surface area contributed by atoms with Crippen molar-refractivity contribution in [1.29, 1.82) is 0 Å². The predicted molar refractivity (Wildman–Crippen MR) is 233 cm³/mol. The first kappa shape index (κ1) is 58.6. The molecular formula is C37H61N4O26PS2. The van der Waals surface area contributed by atoms with E-state index in [0.29, 0.717) is 18.2 Å². The molecule has 1 aromatic rings. The van der Waals surface area contributed by atoms with Crippen molar-refractivity contribution in [2.75, 3.05) is 49.9 Å². The first-order valence-corrected chi connectivity index (χ1v) is 25.2. The van der Waals surface area contributed by atoms with E-state index in [4.69, 9.17) is 43.2 Å². The minimum atomic E-state index is -5.80. The Morgan fingerprint density at radius 2 is 1.56 bits per heavy atom. The van der Waals surface area contributed by atoms with E-state index in [9.17, 15) is 90.2 Å². The quantitative estimate of drug-likeness (QED) is 0.0357. The zero-order valence-electron chi connectivity index (χ0n) is 37.3. The van der Waals surface area contributed by atoms with Crippen LogP contribution in [0, 0.1) is 0 Å². The molecule has 0 bridgehead atoms. The number of aromatic nitrogens is 2. The van der Waals surface area contributed by atoms with Crippen molar-refractivity contribution in [3.05, 3.63) is 22.7 Å². The number of anilines is 1. The van der Waals surface area contributed by atoms with Gasteiger partial charge in [0.2, 0.25) is 5.91 Å². The number of methoxy groups -OCH3 is 1. The Balaban J connectivity index is 1.26. The number of nitrogens with zero attached hydrogens (tertiary/aromatic N) is 2. The van der Waals surface area contributed by atoms with Crippen molar-refractivity contribution in [2.24, 2.45) is 0 Å². The third-order valence-corrected chi connectivity index (χ3v) is 15.3. The maximum Gasteiger partial charge on any atom is 0.475 e. The molecule has 22 atom stereocenters. The van der Waals surface area contributed by atoms with Crippen molar-refractivity contribution in [1.82, 2.24) is 14.9 Å². The summed E-state index contributed by atoms with van der Waals surface area (Å²) in [7, 11) is -4.61. The van der Waals surface area contributed by atoms with Crippen LogP contribution in [0.2, 0.25) is 0 Å². The molecule has 0 saturated carbocycles. The lowest BCUT2D eigenvalue weighted by atomic mass is 9.88. The monoisotopic (exact) mass is 1070 g/mol. The number of aliphatic hydroxyl groups is 12. The van der Waals surface area contributed by atoms with Gasteiger partial charge in [-0.1, -0.05) is 0 Å². The number of ether oxygens (including phenoxy) is 6. The number of hydrogen-bond donors (Lipinski definition) is 16. The fourth-order valence-electron chi connectivity index (χ4n) is 7.99. The van der Waals surface area contributed by atoms with E-state index in [2.05, 4.69) is 10.3 Å². The molecule has 402 valence electrons. The highest BCUT2D eigenvalue weighted by atomic mass is 32.2. The third-order valence-electron chi connectivity index (χ3n) is 11.7. The lowest BCUT2D eigenvalue weighted by Crippen LogP contribution is -2.73. The molecule has 4 aliphatic heterocycles. The SMILES string of the molecule is CO[C@@H]1O[C@H](CO)[C@@H](O[C@@H]2O[C@H](CSCCCCS[C@@H]3[C@H](O)[C@@H](NC(C)=O)[C@H]([C@H](O)[C@H](O)CO)O[C@]3(OP(=O)(O)OC[C@H]3O[C@@H](n4ccc(N)nc4=O)[C@H](O)[C@@H]3O)C(=O)O)[C@H](O)[C@H](O)[C@H]2O)[C@H](O)[C@H]1O. The summed E-state index contributed by atoms with van der Waals surface area (Å²) in [6.07, 6.45) is -29.7. The number of carboxylic acid groups (broad SMARTS) is 1. The summed E-state index contributed by atoms with van der Waals surface area (Å²) >= 11 is 1.78. The molecule has 70 heavy (non-hydrogen) atoms. The van der Waals surface area contributed by atoms with Crippen LogP contribution in [0.4, 0.5) is 5.82 Å². The van der Waals surface area contributed by atoms with Crippen LogP contribution in [0.3, 0.4) is 0 Å². The highest BCUT2D eigenvalue weighted by Crippen LogP contribution is 2.53. The number of thioether (sulfide) groups is 2. The average Bonchev–Trinajstić information content (AvgIpc) is 3.59. The molecule has 0 aromatic carbocycles. The summed E-state index contributed by atoms with van der Waals surface area (Å²) in [5.74, 6) is -6.53. The Labute approximate surface area is 405 Å². The molecular weight excluding hydrogens is 1010 g/mol. The molecule has 1 amide bonds. The van der Waals surface area contributed by atoms with Crippen LogP contribution >= 0.6 is 31.3 Å². The molecule has 30 nitrogen and oxygen atoms in total. The first-order chi connectivity index (χ1) is 32.9. The van der Waals surface area contributed by atoms with E-state index in [1.165, 1.54) is 24.9 Å². The summed E-state index contributed by atoms with van der Waals surface area (Å²) in [6.45, 7) is -1.99. The van der Waals surface area contributed by atoms with Gasteiger partial charge in [0, 0.05) is 26.0 Å². The van der Waals surface area contributed by atoms with E-state index < -0.39 is 173 Å². The molecule has 4 saturated heterocycles. The molecule has 0 spiro atoms. The van der Waals surface area contributed by atoms with Gasteiger partial charge in [0.05, 0.1) is 43.3 Å². The van der Waals surface area contributed by atoms with E-state index in [0.717, 1.165) is 17.7 Å². The fourth-order valence-corrected chi connectivity index (χ4v) is 11.5. The number of carbonyl (C=O) groups excluding carboxylic acids is 1. The van der Waals surface area contributed by atoms with Gasteiger partial charge in [0.1, 0.15) is 85.2 Å². The van der Waals surface area contributed by atoms with Gasteiger partial charge < -0.3 is 111 Å². The van der Waals surface area contributed by atoms with Gasteiger partial charge in [-0.15, -0.1) is 11.8 Å². The molecule has 17 N–H and O–H groups in total. The highest BCUT2D eigenvalue weighted by molar-refractivity contribution is 8.00. The number of aliphatic hydroxyl groups excluding tert-OH is 12. The van der Waals surface area contributed by atoms with Crippen LogP contribution in [-0.4, -0.2) is 258 Å². The van der Waals surface area contributed by atoms with Gasteiger partial charge >= 0.3 is 19.5 Å². The molecule has 33 heteroatoms. The van der Waals surface area contributed by atoms with Crippen LogP contribution in [0.1, 0.15) is 26.0 Å². The second-order valence-electron chi connectivity index (χ2n) is 16.6. The largest absolute Gasteiger partial charge is 0.477 e. The van der Waals surface area contributed by atoms with Gasteiger partial charge in [0.25, 0.3) is 5.79 Å². The maximum absolute atomic E-state index is 13.7. The molecule has 1 aromatic heterocycles. The van der Waals surface area contributed by atoms with Crippen molar-refractivity contribution >= 4 is 49.0 Å². The van der Waals surface area contributed by atoms with Crippen molar-refractivity contribution in [3.8, 4) is 0 Å². The Morgan fingerprint density at radius 1 is 0.914 bits per heavy atom. The number of phosphoric ester groups is 1. The van der Waals surface area contributed by atoms with Crippen molar-refractivity contribution in [2.45, 2.75) is 147 Å². The van der Waals surface area contributed by atoms with Crippen LogP contribution in [-0.2, 0) is 51.6 Å². The topological polar surface area (TPSA) is 481 Å². The molecule has 1 unspecified atom stereocenters. The number of unbranched alkanes of at least 4 members (excludes halogenated alkanes) is 1. The van der Waals surface area contributed by atoms with Gasteiger partial charge in [-0.3, -0.25) is 13.9 Å². The van der Waals surface area contributed by atoms with Gasteiger partial charge in [-0.2, -0.15) is 16.7 Å². The standard InChI is InChI=1S/C37H61N4O26PS2/c1-13(44)39-19-23(49)31(70-8-4-3-7-69-12-17-22(48)24(50)27(53)34(64-17)65-29-15(10-43)63-33(60-2)28(54)25(29)51)37(35(55)56,66-30(19)20(46)14(45)9-42)67-68(58,59)61-11-16-21(47)26(52)32(62-16)41-6-5-18(38)40-36(41)57/h5-6,14-17,19-34,42-43,45-54H,3-4,7-12H2,1-2H3,(H,39,44)(H,55,56)(H,58,59)(H2,38,40,57)/t14-,15-,16-,17-,19-,20-,21-,22+,23-,24+,25-,26-,27-,28-,29-,30-,31-,32-,33-,34+,37-/m1/s1. The van der Waals surface area contributed by atoms with Crippen LogP contribution in [0.15, 0.2) is 17.1 Å². The second-order valence-corrected chi connectivity index (χ2v) is 20.4.